The van der Waals surface area contributed by atoms with E-state index in [1.165, 1.54) is 16.7 Å². The second-order valence-electron chi connectivity index (χ2n) is 9.54. The molecule has 0 saturated heterocycles. The molecule has 0 fully saturated rings. The first-order chi connectivity index (χ1) is 17.2. The third kappa shape index (κ3) is 5.63. The Morgan fingerprint density at radius 3 is 2.67 bits per heavy atom. The van der Waals surface area contributed by atoms with Crippen LogP contribution in [0.2, 0.25) is 0 Å². The maximum Gasteiger partial charge on any atom is 0.296 e. The van der Waals surface area contributed by atoms with Crippen LogP contribution in [0.15, 0.2) is 53.3 Å². The number of halogens is 1. The first-order valence-electron chi connectivity index (χ1n) is 11.8. The molecule has 0 unspecified atom stereocenters. The molecule has 0 bridgehead atoms. The summed E-state index contributed by atoms with van der Waals surface area (Å²) in [6.07, 6.45) is 0. The van der Waals surface area contributed by atoms with Crippen LogP contribution in [0.1, 0.15) is 46.9 Å². The zero-order valence-electron chi connectivity index (χ0n) is 21.0. The molecule has 1 aliphatic rings. The lowest BCUT2D eigenvalue weighted by molar-refractivity contribution is -0.0567. The molecule has 1 aromatic heterocycles. The van der Waals surface area contributed by atoms with Gasteiger partial charge in [0.15, 0.2) is 5.69 Å². The number of hydrogen-bond donors (Lipinski definition) is 1. The zero-order chi connectivity index (χ0) is 25.9. The molecular weight excluding hydrogens is 463 g/mol. The van der Waals surface area contributed by atoms with E-state index in [0.717, 1.165) is 16.7 Å². The summed E-state index contributed by atoms with van der Waals surface area (Å²) in [5.74, 6) is -0.637. The topological polar surface area (TPSA) is 85.7 Å². The van der Waals surface area contributed by atoms with Gasteiger partial charge in [0.1, 0.15) is 23.8 Å². The van der Waals surface area contributed by atoms with Gasteiger partial charge in [-0.05, 0) is 56.8 Å². The van der Waals surface area contributed by atoms with Crippen molar-refractivity contribution in [3.63, 3.8) is 0 Å². The van der Waals surface area contributed by atoms with Gasteiger partial charge < -0.3 is 19.7 Å². The van der Waals surface area contributed by atoms with Crippen molar-refractivity contribution in [2.24, 2.45) is 0 Å². The van der Waals surface area contributed by atoms with E-state index >= 15 is 0 Å². The van der Waals surface area contributed by atoms with Crippen molar-refractivity contribution in [1.82, 2.24) is 19.8 Å². The van der Waals surface area contributed by atoms with Gasteiger partial charge in [-0.1, -0.05) is 36.4 Å². The lowest BCUT2D eigenvalue weighted by Gasteiger charge is -2.32. The minimum atomic E-state index is -0.847. The largest absolute Gasteiger partial charge is 0.481 e. The first-order valence-corrected chi connectivity index (χ1v) is 11.8. The Kier molecular flexibility index (Phi) is 7.51. The number of amides is 1. The number of rotatable bonds is 8. The Bertz CT molecular complexity index is 1310. The van der Waals surface area contributed by atoms with E-state index in [9.17, 15) is 14.0 Å². The number of hydrogen-bond acceptors (Lipinski definition) is 6. The molecular formula is C27H31FN4O4. The lowest BCUT2D eigenvalue weighted by atomic mass is 10.1. The summed E-state index contributed by atoms with van der Waals surface area (Å²) in [6, 6.07) is 13.9. The minimum Gasteiger partial charge on any atom is -0.481 e. The molecule has 190 valence electrons. The van der Waals surface area contributed by atoms with Crippen LogP contribution in [0.3, 0.4) is 0 Å². The van der Waals surface area contributed by atoms with Crippen LogP contribution < -0.4 is 15.6 Å². The van der Waals surface area contributed by atoms with E-state index in [4.69, 9.17) is 9.47 Å². The van der Waals surface area contributed by atoms with Crippen LogP contribution >= 0.6 is 0 Å². The van der Waals surface area contributed by atoms with Crippen molar-refractivity contribution in [3.8, 4) is 5.75 Å². The quantitative estimate of drug-likeness (QED) is 0.518. The van der Waals surface area contributed by atoms with Gasteiger partial charge in [0, 0.05) is 13.1 Å². The molecule has 1 aliphatic heterocycles. The zero-order valence-corrected chi connectivity index (χ0v) is 21.0. The summed E-state index contributed by atoms with van der Waals surface area (Å²) in [7, 11) is 3.77. The number of carbonyl (C=O) groups excluding carboxylic acids is 1. The fourth-order valence-electron chi connectivity index (χ4n) is 4.19. The van der Waals surface area contributed by atoms with E-state index in [0.29, 0.717) is 25.5 Å². The van der Waals surface area contributed by atoms with Crippen molar-refractivity contribution in [1.29, 1.82) is 0 Å². The summed E-state index contributed by atoms with van der Waals surface area (Å²) < 4.78 is 27.1. The molecule has 36 heavy (non-hydrogen) atoms. The van der Waals surface area contributed by atoms with Gasteiger partial charge in [0.05, 0.1) is 13.2 Å². The number of nitrogens with zero attached hydrogens (tertiary/aromatic N) is 3. The number of benzene rings is 2. The summed E-state index contributed by atoms with van der Waals surface area (Å²) in [6.45, 7) is 5.05. The molecule has 9 heteroatoms. The fraction of sp³-hybridized carbons (Fsp3) is 0.370. The average molecular weight is 495 g/mol. The summed E-state index contributed by atoms with van der Waals surface area (Å²) in [4.78, 5) is 33.3. The Balaban J connectivity index is 1.67. The standard InChI is InChI=1S/C27H31FN4O4/c1-27(2)26-30-22(24(33)29-15-19-10-11-21(28)14-20(19)16-31(3)4)23(25(34)32(26)12-13-36-27)35-17-18-8-6-5-7-9-18/h5-11,14H,12-13,15-17H2,1-4H3,(H,29,33). The van der Waals surface area contributed by atoms with Crippen LogP contribution in [0.25, 0.3) is 0 Å². The van der Waals surface area contributed by atoms with Gasteiger partial charge in [-0.25, -0.2) is 9.37 Å². The minimum absolute atomic E-state index is 0.1000. The van der Waals surface area contributed by atoms with E-state index in [1.54, 1.807) is 6.07 Å². The Hall–Kier alpha value is -3.56. The smallest absolute Gasteiger partial charge is 0.296 e. The molecule has 0 radical (unpaired) electrons. The van der Waals surface area contributed by atoms with E-state index in [1.807, 2.05) is 63.2 Å². The fourth-order valence-corrected chi connectivity index (χ4v) is 4.19. The monoisotopic (exact) mass is 494 g/mol. The highest BCUT2D eigenvalue weighted by Crippen LogP contribution is 2.28. The van der Waals surface area contributed by atoms with Gasteiger partial charge >= 0.3 is 0 Å². The first kappa shape index (κ1) is 25.5. The second kappa shape index (κ2) is 10.6. The number of aromatic nitrogens is 2. The molecule has 1 amide bonds. The van der Waals surface area contributed by atoms with Gasteiger partial charge in [-0.15, -0.1) is 0 Å². The van der Waals surface area contributed by atoms with E-state index in [-0.39, 0.29) is 30.4 Å². The molecule has 8 nitrogen and oxygen atoms in total. The highest BCUT2D eigenvalue weighted by atomic mass is 19.1. The molecule has 0 spiro atoms. The molecule has 3 aromatic rings. The molecule has 1 N–H and O–H groups in total. The Labute approximate surface area is 209 Å². The Morgan fingerprint density at radius 2 is 1.94 bits per heavy atom. The number of ether oxygens (including phenoxy) is 2. The van der Waals surface area contributed by atoms with Crippen molar-refractivity contribution >= 4 is 5.91 Å². The van der Waals surface area contributed by atoms with Gasteiger partial charge in [0.2, 0.25) is 5.75 Å². The SMILES string of the molecule is CN(C)Cc1cc(F)ccc1CNC(=O)c1nc2n(c(=O)c1OCc1ccccc1)CCOC2(C)C. The number of nitrogens with one attached hydrogen (secondary N) is 1. The van der Waals surface area contributed by atoms with Crippen molar-refractivity contribution in [2.75, 3.05) is 20.7 Å². The van der Waals surface area contributed by atoms with Crippen LogP contribution in [-0.2, 0) is 36.6 Å². The highest BCUT2D eigenvalue weighted by molar-refractivity contribution is 5.94. The van der Waals surface area contributed by atoms with Gasteiger partial charge in [0.25, 0.3) is 11.5 Å². The summed E-state index contributed by atoms with van der Waals surface area (Å²) >= 11 is 0. The predicted molar refractivity (Wildman–Crippen MR) is 133 cm³/mol. The molecule has 0 saturated carbocycles. The second-order valence-corrected chi connectivity index (χ2v) is 9.54. The summed E-state index contributed by atoms with van der Waals surface area (Å²) in [5.41, 5.74) is 1.01. The number of carbonyl (C=O) groups is 1. The van der Waals surface area contributed by atoms with Crippen LogP contribution in [-0.4, -0.2) is 41.1 Å². The van der Waals surface area contributed by atoms with Gasteiger partial charge in [-0.3, -0.25) is 14.2 Å². The third-order valence-electron chi connectivity index (χ3n) is 5.98. The maximum absolute atomic E-state index is 13.8. The number of fused-ring (bicyclic) bond motifs is 1. The van der Waals surface area contributed by atoms with E-state index in [2.05, 4.69) is 10.3 Å². The van der Waals surface area contributed by atoms with Crippen molar-refractivity contribution in [3.05, 3.63) is 92.9 Å². The normalized spacial score (nSPS) is 14.4. The average Bonchev–Trinajstić information content (AvgIpc) is 2.83. The Morgan fingerprint density at radius 1 is 1.19 bits per heavy atom. The molecule has 0 aliphatic carbocycles. The van der Waals surface area contributed by atoms with E-state index < -0.39 is 17.1 Å². The molecule has 2 aromatic carbocycles. The van der Waals surface area contributed by atoms with Crippen molar-refractivity contribution in [2.45, 2.75) is 45.7 Å². The van der Waals surface area contributed by atoms with Crippen LogP contribution in [0.4, 0.5) is 4.39 Å². The lowest BCUT2D eigenvalue weighted by Crippen LogP contribution is -2.43. The van der Waals surface area contributed by atoms with Crippen molar-refractivity contribution < 1.29 is 18.7 Å². The molecule has 0 atom stereocenters. The maximum atomic E-state index is 13.8. The predicted octanol–water partition coefficient (Wildman–Crippen LogP) is 3.22. The van der Waals surface area contributed by atoms with Crippen LogP contribution in [0.5, 0.6) is 5.75 Å². The van der Waals surface area contributed by atoms with Gasteiger partial charge in [-0.2, -0.15) is 0 Å². The highest BCUT2D eigenvalue weighted by Gasteiger charge is 2.35. The van der Waals surface area contributed by atoms with Crippen LogP contribution in [0, 0.1) is 5.82 Å². The molecule has 4 rings (SSSR count). The summed E-state index contributed by atoms with van der Waals surface area (Å²) in [5, 5.41) is 2.84. The molecule has 2 heterocycles. The third-order valence-corrected chi connectivity index (χ3v) is 5.98.